The molecule has 0 aliphatic heterocycles. The van der Waals surface area contributed by atoms with Gasteiger partial charge in [-0.15, -0.1) is 0 Å². The van der Waals surface area contributed by atoms with E-state index in [4.69, 9.17) is 4.52 Å². The fourth-order valence-electron chi connectivity index (χ4n) is 0.926. The molecule has 60 valence electrons. The Balaban J connectivity index is 2.53. The van der Waals surface area contributed by atoms with Crippen LogP contribution >= 0.6 is 0 Å². The fraction of sp³-hybridized carbons (Fsp3) is 0. The summed E-state index contributed by atoms with van der Waals surface area (Å²) in [6, 6.07) is 0. The first-order valence-corrected chi connectivity index (χ1v) is 3.31. The lowest BCUT2D eigenvalue weighted by molar-refractivity contribution is 0.112. The molecule has 0 amide bonds. The number of nitrogens with one attached hydrogen (secondary N) is 1. The van der Waals surface area contributed by atoms with Crippen LogP contribution in [-0.4, -0.2) is 21.6 Å². The van der Waals surface area contributed by atoms with Gasteiger partial charge in [0.05, 0.1) is 23.5 Å². The monoisotopic (exact) mass is 163 g/mol. The van der Waals surface area contributed by atoms with Crippen molar-refractivity contribution in [3.63, 3.8) is 0 Å². The second kappa shape index (κ2) is 2.61. The van der Waals surface area contributed by atoms with Crippen molar-refractivity contribution in [2.75, 3.05) is 0 Å². The lowest BCUT2D eigenvalue weighted by atomic mass is 10.2. The third kappa shape index (κ3) is 0.914. The minimum absolute atomic E-state index is 0.427. The molecular formula is C7H5N3O2. The molecular weight excluding hydrogens is 158 g/mol. The van der Waals surface area contributed by atoms with Crippen LogP contribution in [0.15, 0.2) is 23.1 Å². The quantitative estimate of drug-likeness (QED) is 0.667. The largest absolute Gasteiger partial charge is 0.355 e. The van der Waals surface area contributed by atoms with E-state index in [1.54, 1.807) is 12.4 Å². The number of rotatable bonds is 2. The van der Waals surface area contributed by atoms with Gasteiger partial charge in [-0.2, -0.15) is 5.10 Å². The highest BCUT2D eigenvalue weighted by atomic mass is 16.5. The zero-order valence-electron chi connectivity index (χ0n) is 6.02. The molecule has 0 aliphatic carbocycles. The summed E-state index contributed by atoms with van der Waals surface area (Å²) in [5.41, 5.74) is 1.14. The summed E-state index contributed by atoms with van der Waals surface area (Å²) < 4.78 is 4.86. The van der Waals surface area contributed by atoms with Crippen LogP contribution in [0.3, 0.4) is 0 Å². The van der Waals surface area contributed by atoms with Crippen molar-refractivity contribution in [1.82, 2.24) is 15.4 Å². The van der Waals surface area contributed by atoms with Crippen LogP contribution in [0.25, 0.3) is 11.3 Å². The average molecular weight is 163 g/mol. The molecule has 5 nitrogen and oxygen atoms in total. The van der Waals surface area contributed by atoms with E-state index in [1.807, 2.05) is 0 Å². The van der Waals surface area contributed by atoms with Crippen molar-refractivity contribution in [2.45, 2.75) is 0 Å². The van der Waals surface area contributed by atoms with Gasteiger partial charge in [-0.25, -0.2) is 0 Å². The molecule has 1 N–H and O–H groups in total. The van der Waals surface area contributed by atoms with Gasteiger partial charge in [0.25, 0.3) is 0 Å². The highest BCUT2D eigenvalue weighted by molar-refractivity contribution is 5.83. The van der Waals surface area contributed by atoms with E-state index >= 15 is 0 Å². The molecule has 0 bridgehead atoms. The van der Waals surface area contributed by atoms with Gasteiger partial charge >= 0.3 is 0 Å². The summed E-state index contributed by atoms with van der Waals surface area (Å²) >= 11 is 0. The van der Waals surface area contributed by atoms with E-state index < -0.39 is 0 Å². The Labute approximate surface area is 67.4 Å². The average Bonchev–Trinajstić information content (AvgIpc) is 2.74. The molecule has 0 aliphatic rings. The maximum atomic E-state index is 10.5. The minimum atomic E-state index is 0.427. The van der Waals surface area contributed by atoms with Crippen molar-refractivity contribution in [3.8, 4) is 11.3 Å². The zero-order chi connectivity index (χ0) is 8.39. The summed E-state index contributed by atoms with van der Waals surface area (Å²) in [4.78, 5) is 10.5. The summed E-state index contributed by atoms with van der Waals surface area (Å²) in [7, 11) is 0. The molecule has 2 rings (SSSR count). The smallest absolute Gasteiger partial charge is 0.180 e. The summed E-state index contributed by atoms with van der Waals surface area (Å²) in [6.45, 7) is 0. The highest BCUT2D eigenvalue weighted by Gasteiger charge is 2.09. The summed E-state index contributed by atoms with van der Waals surface area (Å²) in [5, 5.41) is 9.84. The summed E-state index contributed by atoms with van der Waals surface area (Å²) in [5.74, 6) is 0.443. The number of carbonyl (C=O) groups is 1. The first kappa shape index (κ1) is 6.78. The van der Waals surface area contributed by atoms with Crippen molar-refractivity contribution < 1.29 is 9.32 Å². The third-order valence-corrected chi connectivity index (χ3v) is 1.49. The highest BCUT2D eigenvalue weighted by Crippen LogP contribution is 2.20. The number of aromatic nitrogens is 3. The predicted molar refractivity (Wildman–Crippen MR) is 39.5 cm³/mol. The first-order valence-electron chi connectivity index (χ1n) is 3.31. The van der Waals surface area contributed by atoms with E-state index in [0.717, 1.165) is 5.56 Å². The van der Waals surface area contributed by atoms with Gasteiger partial charge in [-0.05, 0) is 0 Å². The standard InChI is InChI=1S/C7H5N3O2/c11-4-6-3-10-12-7(6)5-1-8-9-2-5/h1-4H,(H,8,9). The molecule has 0 radical (unpaired) electrons. The maximum absolute atomic E-state index is 10.5. The molecule has 2 heterocycles. The lowest BCUT2D eigenvalue weighted by Gasteiger charge is -1.86. The maximum Gasteiger partial charge on any atom is 0.180 e. The number of H-pyrrole nitrogens is 1. The Hall–Kier alpha value is -1.91. The van der Waals surface area contributed by atoms with Gasteiger partial charge in [-0.1, -0.05) is 5.16 Å². The number of aromatic amines is 1. The molecule has 0 saturated carbocycles. The molecule has 0 saturated heterocycles. The van der Waals surface area contributed by atoms with Crippen molar-refractivity contribution >= 4 is 6.29 Å². The van der Waals surface area contributed by atoms with E-state index in [2.05, 4.69) is 15.4 Å². The Morgan fingerprint density at radius 2 is 2.42 bits per heavy atom. The zero-order valence-corrected chi connectivity index (χ0v) is 6.02. The van der Waals surface area contributed by atoms with Crippen LogP contribution in [0.2, 0.25) is 0 Å². The molecule has 2 aromatic rings. The molecule has 12 heavy (non-hydrogen) atoms. The number of hydrogen-bond acceptors (Lipinski definition) is 4. The van der Waals surface area contributed by atoms with Crippen molar-refractivity contribution in [3.05, 3.63) is 24.2 Å². The minimum Gasteiger partial charge on any atom is -0.355 e. The van der Waals surface area contributed by atoms with Gasteiger partial charge in [0.1, 0.15) is 0 Å². The lowest BCUT2D eigenvalue weighted by Crippen LogP contribution is -1.77. The van der Waals surface area contributed by atoms with E-state index in [1.165, 1.54) is 6.20 Å². The van der Waals surface area contributed by atoms with Gasteiger partial charge < -0.3 is 4.52 Å². The second-order valence-electron chi connectivity index (χ2n) is 2.22. The number of aldehydes is 1. The second-order valence-corrected chi connectivity index (χ2v) is 2.22. The van der Waals surface area contributed by atoms with Crippen molar-refractivity contribution in [1.29, 1.82) is 0 Å². The molecule has 0 unspecified atom stereocenters. The van der Waals surface area contributed by atoms with E-state index in [-0.39, 0.29) is 0 Å². The van der Waals surface area contributed by atoms with E-state index in [9.17, 15) is 4.79 Å². The van der Waals surface area contributed by atoms with Crippen LogP contribution in [-0.2, 0) is 0 Å². The first-order chi connectivity index (χ1) is 5.92. The van der Waals surface area contributed by atoms with Gasteiger partial charge in [-0.3, -0.25) is 9.89 Å². The molecule has 5 heteroatoms. The number of carbonyl (C=O) groups excluding carboxylic acids is 1. The molecule has 2 aromatic heterocycles. The van der Waals surface area contributed by atoms with Crippen LogP contribution in [0.5, 0.6) is 0 Å². The SMILES string of the molecule is O=Cc1cnoc1-c1cn[nH]c1. The molecule has 0 fully saturated rings. The van der Waals surface area contributed by atoms with Gasteiger partial charge in [0.2, 0.25) is 0 Å². The Morgan fingerprint density at radius 3 is 3.08 bits per heavy atom. The molecule has 0 spiro atoms. The van der Waals surface area contributed by atoms with Crippen LogP contribution in [0.4, 0.5) is 0 Å². The third-order valence-electron chi connectivity index (χ3n) is 1.49. The Kier molecular flexibility index (Phi) is 1.48. The molecule has 0 aromatic carbocycles. The molecule has 0 atom stereocenters. The number of hydrogen-bond donors (Lipinski definition) is 1. The Bertz CT molecular complexity index is 377. The van der Waals surface area contributed by atoms with Gasteiger partial charge in [0, 0.05) is 6.20 Å². The number of nitrogens with zero attached hydrogens (tertiary/aromatic N) is 2. The van der Waals surface area contributed by atoms with Gasteiger partial charge in [0.15, 0.2) is 12.0 Å². The Morgan fingerprint density at radius 1 is 1.50 bits per heavy atom. The van der Waals surface area contributed by atoms with Crippen LogP contribution in [0.1, 0.15) is 10.4 Å². The topological polar surface area (TPSA) is 71.8 Å². The fourth-order valence-corrected chi connectivity index (χ4v) is 0.926. The normalized spacial score (nSPS) is 10.0. The predicted octanol–water partition coefficient (Wildman–Crippen LogP) is 0.877. The summed E-state index contributed by atoms with van der Waals surface area (Å²) in [6.07, 6.45) is 5.26. The van der Waals surface area contributed by atoms with Crippen LogP contribution < -0.4 is 0 Å². The van der Waals surface area contributed by atoms with Crippen LogP contribution in [0, 0.1) is 0 Å². The van der Waals surface area contributed by atoms with E-state index in [0.29, 0.717) is 17.6 Å². The van der Waals surface area contributed by atoms with Crippen molar-refractivity contribution in [2.24, 2.45) is 0 Å².